The molecule has 106 valence electrons. The van der Waals surface area contributed by atoms with E-state index in [0.717, 1.165) is 5.56 Å². The Morgan fingerprint density at radius 3 is 2.71 bits per heavy atom. The molecular weight excluding hydrogens is 272 g/mol. The van der Waals surface area contributed by atoms with Gasteiger partial charge in [-0.1, -0.05) is 30.3 Å². The summed E-state index contributed by atoms with van der Waals surface area (Å²) in [6, 6.07) is 9.28. The molecule has 0 aliphatic heterocycles. The van der Waals surface area contributed by atoms with Gasteiger partial charge in [0.05, 0.1) is 11.1 Å². The number of hydrogen-bond donors (Lipinski definition) is 0. The summed E-state index contributed by atoms with van der Waals surface area (Å²) in [5.74, 6) is 1.10. The van der Waals surface area contributed by atoms with Crippen molar-refractivity contribution in [2.45, 2.75) is 13.0 Å². The van der Waals surface area contributed by atoms with Crippen molar-refractivity contribution in [1.29, 1.82) is 0 Å². The first kappa shape index (κ1) is 13.0. The Morgan fingerprint density at radius 2 is 2.05 bits per heavy atom. The Morgan fingerprint density at radius 1 is 1.29 bits per heavy atom. The van der Waals surface area contributed by atoms with Crippen LogP contribution in [0.15, 0.2) is 53.3 Å². The van der Waals surface area contributed by atoms with Gasteiger partial charge in [-0.2, -0.15) is 5.10 Å². The average Bonchev–Trinajstić information content (AvgIpc) is 3.17. The van der Waals surface area contributed by atoms with Gasteiger partial charge in [0.15, 0.2) is 5.76 Å². The molecule has 7 nitrogen and oxygen atoms in total. The van der Waals surface area contributed by atoms with Crippen LogP contribution in [0.3, 0.4) is 0 Å². The average molecular weight is 284 g/mol. The summed E-state index contributed by atoms with van der Waals surface area (Å²) < 4.78 is 7.17. The maximum atomic E-state index is 10.7. The third kappa shape index (κ3) is 2.53. The van der Waals surface area contributed by atoms with E-state index in [9.17, 15) is 10.1 Å². The highest BCUT2D eigenvalue weighted by molar-refractivity contribution is 5.55. The second-order valence-corrected chi connectivity index (χ2v) is 4.54. The largest absolute Gasteiger partial charge is 0.438 e. The van der Waals surface area contributed by atoms with Crippen molar-refractivity contribution in [2.24, 2.45) is 0 Å². The first-order valence-electron chi connectivity index (χ1n) is 6.35. The molecule has 2 heterocycles. The summed E-state index contributed by atoms with van der Waals surface area (Å²) in [7, 11) is 0. The van der Waals surface area contributed by atoms with Gasteiger partial charge in [-0.15, -0.1) is 0 Å². The topological polar surface area (TPSA) is 87.0 Å². The van der Waals surface area contributed by atoms with E-state index in [1.807, 2.05) is 37.3 Å². The fourth-order valence-corrected chi connectivity index (χ4v) is 1.96. The highest BCUT2D eigenvalue weighted by atomic mass is 16.6. The van der Waals surface area contributed by atoms with E-state index in [4.69, 9.17) is 4.42 Å². The number of nitrogens with zero attached hydrogens (tertiary/aromatic N) is 4. The van der Waals surface area contributed by atoms with Crippen molar-refractivity contribution in [3.05, 3.63) is 64.9 Å². The van der Waals surface area contributed by atoms with E-state index in [1.54, 1.807) is 6.20 Å². The Balaban J connectivity index is 1.87. The Bertz CT molecular complexity index is 763. The lowest BCUT2D eigenvalue weighted by Gasteiger charge is -2.06. The third-order valence-corrected chi connectivity index (χ3v) is 3.13. The first-order chi connectivity index (χ1) is 10.1. The molecule has 0 amide bonds. The van der Waals surface area contributed by atoms with Crippen molar-refractivity contribution in [1.82, 2.24) is 14.8 Å². The van der Waals surface area contributed by atoms with Gasteiger partial charge in [0.2, 0.25) is 5.89 Å². The lowest BCUT2D eigenvalue weighted by Crippen LogP contribution is -2.07. The molecule has 0 spiro atoms. The van der Waals surface area contributed by atoms with E-state index in [2.05, 4.69) is 10.1 Å². The summed E-state index contributed by atoms with van der Waals surface area (Å²) in [6.45, 7) is 1.82. The molecule has 0 saturated heterocycles. The smallest absolute Gasteiger partial charge is 0.307 e. The van der Waals surface area contributed by atoms with Gasteiger partial charge < -0.3 is 4.42 Å². The van der Waals surface area contributed by atoms with Gasteiger partial charge in [0, 0.05) is 5.56 Å². The minimum Gasteiger partial charge on any atom is -0.438 e. The SMILES string of the molecule is C[C@@H](c1ncc(-c2ccccc2)o1)n1cc([N+](=O)[O-])cn1. The molecule has 0 aliphatic rings. The molecular formula is C14H12N4O3. The first-order valence-corrected chi connectivity index (χ1v) is 6.35. The van der Waals surface area contributed by atoms with Crippen molar-refractivity contribution in [3.63, 3.8) is 0 Å². The highest BCUT2D eigenvalue weighted by Gasteiger charge is 2.18. The molecule has 3 aromatic rings. The Kier molecular flexibility index (Phi) is 3.23. The lowest BCUT2D eigenvalue weighted by atomic mass is 10.2. The van der Waals surface area contributed by atoms with Crippen LogP contribution in [0.2, 0.25) is 0 Å². The predicted octanol–water partition coefficient (Wildman–Crippen LogP) is 3.06. The highest BCUT2D eigenvalue weighted by Crippen LogP contribution is 2.25. The van der Waals surface area contributed by atoms with Gasteiger partial charge in [-0.05, 0) is 6.92 Å². The molecule has 0 saturated carbocycles. The monoisotopic (exact) mass is 284 g/mol. The van der Waals surface area contributed by atoms with Crippen LogP contribution in [0.5, 0.6) is 0 Å². The van der Waals surface area contributed by atoms with Crippen LogP contribution in [0.1, 0.15) is 18.9 Å². The lowest BCUT2D eigenvalue weighted by molar-refractivity contribution is -0.385. The number of aromatic nitrogens is 3. The molecule has 7 heteroatoms. The van der Waals surface area contributed by atoms with Crippen LogP contribution in [0.25, 0.3) is 11.3 Å². The molecule has 0 bridgehead atoms. The van der Waals surface area contributed by atoms with Crippen LogP contribution >= 0.6 is 0 Å². The summed E-state index contributed by atoms with van der Waals surface area (Å²) >= 11 is 0. The Labute approximate surface area is 120 Å². The number of rotatable bonds is 4. The van der Waals surface area contributed by atoms with Crippen molar-refractivity contribution in [2.75, 3.05) is 0 Å². The number of oxazole rings is 1. The second-order valence-electron chi connectivity index (χ2n) is 4.54. The van der Waals surface area contributed by atoms with Gasteiger partial charge >= 0.3 is 5.69 Å². The molecule has 21 heavy (non-hydrogen) atoms. The van der Waals surface area contributed by atoms with Crippen molar-refractivity contribution < 1.29 is 9.34 Å². The molecule has 0 unspecified atom stereocenters. The predicted molar refractivity (Wildman–Crippen MR) is 74.6 cm³/mol. The molecule has 0 N–H and O–H groups in total. The van der Waals surface area contributed by atoms with Crippen LogP contribution in [-0.2, 0) is 0 Å². The zero-order valence-corrected chi connectivity index (χ0v) is 11.2. The zero-order chi connectivity index (χ0) is 14.8. The third-order valence-electron chi connectivity index (χ3n) is 3.13. The summed E-state index contributed by atoms with van der Waals surface area (Å²) in [4.78, 5) is 14.4. The van der Waals surface area contributed by atoms with Gasteiger partial charge in [0.25, 0.3) is 0 Å². The molecule has 0 radical (unpaired) electrons. The number of nitro groups is 1. The summed E-state index contributed by atoms with van der Waals surface area (Å²) in [5, 5.41) is 14.6. The summed E-state index contributed by atoms with van der Waals surface area (Å²) in [5.41, 5.74) is 0.867. The van der Waals surface area contributed by atoms with Crippen LogP contribution in [-0.4, -0.2) is 19.7 Å². The molecule has 3 rings (SSSR count). The van der Waals surface area contributed by atoms with Crippen LogP contribution in [0.4, 0.5) is 5.69 Å². The molecule has 1 atom stereocenters. The van der Waals surface area contributed by atoms with Crippen molar-refractivity contribution >= 4 is 5.69 Å². The van der Waals surface area contributed by atoms with E-state index >= 15 is 0 Å². The van der Waals surface area contributed by atoms with Gasteiger partial charge in [-0.3, -0.25) is 14.8 Å². The maximum Gasteiger partial charge on any atom is 0.307 e. The number of benzene rings is 1. The fourth-order valence-electron chi connectivity index (χ4n) is 1.96. The van der Waals surface area contributed by atoms with E-state index < -0.39 is 4.92 Å². The number of hydrogen-bond acceptors (Lipinski definition) is 5. The molecule has 0 aliphatic carbocycles. The van der Waals surface area contributed by atoms with E-state index in [1.165, 1.54) is 17.1 Å². The van der Waals surface area contributed by atoms with E-state index in [-0.39, 0.29) is 11.7 Å². The molecule has 0 fully saturated rings. The van der Waals surface area contributed by atoms with Crippen molar-refractivity contribution in [3.8, 4) is 11.3 Å². The zero-order valence-electron chi connectivity index (χ0n) is 11.2. The van der Waals surface area contributed by atoms with Gasteiger partial charge in [-0.25, -0.2) is 4.98 Å². The van der Waals surface area contributed by atoms with E-state index in [0.29, 0.717) is 11.7 Å². The summed E-state index contributed by atoms with van der Waals surface area (Å²) in [6.07, 6.45) is 4.20. The molecule has 1 aromatic carbocycles. The minimum atomic E-state index is -0.485. The van der Waals surface area contributed by atoms with Crippen LogP contribution < -0.4 is 0 Å². The van der Waals surface area contributed by atoms with Crippen LogP contribution in [0, 0.1) is 10.1 Å². The fraction of sp³-hybridized carbons (Fsp3) is 0.143. The maximum absolute atomic E-state index is 10.7. The Hall–Kier alpha value is -2.96. The van der Waals surface area contributed by atoms with Gasteiger partial charge in [0.1, 0.15) is 18.4 Å². The standard InChI is InChI=1S/C14H12N4O3/c1-10(17-9-12(7-16-17)18(19)20)14-15-8-13(21-14)11-5-3-2-4-6-11/h2-10H,1H3/t10-/m0/s1. The minimum absolute atomic E-state index is 0.0586. The molecule has 2 aromatic heterocycles. The second kappa shape index (κ2) is 5.20. The normalized spacial score (nSPS) is 12.2. The quantitative estimate of drug-likeness (QED) is 0.542.